The van der Waals surface area contributed by atoms with Crippen LogP contribution in [0.5, 0.6) is 0 Å². The first-order chi connectivity index (χ1) is 14.2. The van der Waals surface area contributed by atoms with Gasteiger partial charge in [-0.15, -0.1) is 22.2 Å². The van der Waals surface area contributed by atoms with Gasteiger partial charge in [-0.2, -0.15) is 0 Å². The Labute approximate surface area is 210 Å². The molecule has 0 fully saturated rings. The zero-order valence-electron chi connectivity index (χ0n) is 23.4. The van der Waals surface area contributed by atoms with Gasteiger partial charge in [-0.1, -0.05) is 116 Å². The Hall–Kier alpha value is 1.19. The largest absolute Gasteiger partial charge is 0.342 e. The third kappa shape index (κ3) is 6.66. The first kappa shape index (κ1) is 32.2. The fourth-order valence-electron chi connectivity index (χ4n) is 7.73. The molecule has 0 amide bonds. The second kappa shape index (κ2) is 13.9. The molecule has 0 aliphatic carbocycles. The first-order valence-corrected chi connectivity index (χ1v) is 21.8. The molecule has 0 N–H and O–H groups in total. The zero-order chi connectivity index (χ0) is 24.7. The van der Waals surface area contributed by atoms with Gasteiger partial charge >= 0.3 is 0 Å². The van der Waals surface area contributed by atoms with Crippen molar-refractivity contribution in [1.82, 2.24) is 4.23 Å². The van der Waals surface area contributed by atoms with Gasteiger partial charge in [0.25, 0.3) is 7.42 Å². The standard InChI is InChI=1S/C25H57Cl2NSi3/c1-14-15-16-17-18-25(29(26)27)28(30(19(2)3,20(4)5)21(6)7)31(22(8)9,23(10)11)24(12)13/h19-25,29H,14-18H2,1-13H3. The molecule has 0 spiro atoms. The highest BCUT2D eigenvalue weighted by Gasteiger charge is 2.61. The SMILES string of the molecule is CCCCCCC(N([Si](C(C)C)(C(C)C)C(C)C)[Si](C(C)C)(C(C)C)C(C)C)[SiH](Cl)Cl. The Morgan fingerprint density at radius 2 is 0.903 bits per heavy atom. The van der Waals surface area contributed by atoms with Crippen LogP contribution in [-0.2, 0) is 0 Å². The van der Waals surface area contributed by atoms with Crippen molar-refractivity contribution in [2.45, 2.75) is 161 Å². The summed E-state index contributed by atoms with van der Waals surface area (Å²) >= 11 is 14.2. The van der Waals surface area contributed by atoms with E-state index < -0.39 is 23.9 Å². The lowest BCUT2D eigenvalue weighted by Crippen LogP contribution is -2.77. The highest BCUT2D eigenvalue weighted by atomic mass is 35.7. The van der Waals surface area contributed by atoms with Gasteiger partial charge in [0, 0.05) is 5.67 Å². The van der Waals surface area contributed by atoms with Crippen molar-refractivity contribution in [3.05, 3.63) is 0 Å². The summed E-state index contributed by atoms with van der Waals surface area (Å²) in [5.74, 6) is 0. The van der Waals surface area contributed by atoms with Crippen LogP contribution in [0.4, 0.5) is 0 Å². The maximum atomic E-state index is 7.10. The molecular formula is C25H57Cl2NSi3. The van der Waals surface area contributed by atoms with E-state index in [0.29, 0.717) is 38.9 Å². The average molecular weight is 527 g/mol. The molecule has 0 bridgehead atoms. The third-order valence-corrected chi connectivity index (χ3v) is 27.7. The molecule has 1 nitrogen and oxygen atoms in total. The topological polar surface area (TPSA) is 3.24 Å². The summed E-state index contributed by atoms with van der Waals surface area (Å²) in [6.45, 7) is 32.5. The molecule has 0 aromatic heterocycles. The fraction of sp³-hybridized carbons (Fsp3) is 1.00. The zero-order valence-corrected chi connectivity index (χ0v) is 28.0. The summed E-state index contributed by atoms with van der Waals surface area (Å²) in [6.07, 6.45) is 6.39. The van der Waals surface area contributed by atoms with E-state index in [-0.39, 0.29) is 0 Å². The number of hydrogen-bond donors (Lipinski definition) is 0. The van der Waals surface area contributed by atoms with E-state index in [4.69, 9.17) is 22.2 Å². The Bertz CT molecular complexity index is 418. The van der Waals surface area contributed by atoms with Crippen molar-refractivity contribution in [1.29, 1.82) is 0 Å². The van der Waals surface area contributed by atoms with E-state index in [9.17, 15) is 0 Å². The number of unbranched alkanes of at least 4 members (excludes halogenated alkanes) is 3. The van der Waals surface area contributed by atoms with Crippen molar-refractivity contribution in [2.75, 3.05) is 0 Å². The van der Waals surface area contributed by atoms with Gasteiger partial charge in [0.2, 0.25) is 0 Å². The van der Waals surface area contributed by atoms with Crippen LogP contribution in [0.3, 0.4) is 0 Å². The van der Waals surface area contributed by atoms with Gasteiger partial charge < -0.3 is 4.23 Å². The van der Waals surface area contributed by atoms with E-state index in [1.807, 2.05) is 0 Å². The average Bonchev–Trinajstić information content (AvgIpc) is 2.59. The molecule has 1 atom stereocenters. The van der Waals surface area contributed by atoms with Gasteiger partial charge in [-0.05, 0) is 39.7 Å². The number of rotatable bonds is 15. The molecule has 6 heteroatoms. The molecule has 1 unspecified atom stereocenters. The molecule has 0 radical (unpaired) electrons. The Kier molecular flexibility index (Phi) is 14.5. The minimum absolute atomic E-state index is 0.415. The molecule has 0 aromatic rings. The number of nitrogens with zero attached hydrogens (tertiary/aromatic N) is 1. The summed E-state index contributed by atoms with van der Waals surface area (Å²) in [7, 11) is -5.73. The van der Waals surface area contributed by atoms with E-state index in [2.05, 4.69) is 94.2 Å². The summed E-state index contributed by atoms with van der Waals surface area (Å²) in [4.78, 5) is 0. The highest BCUT2D eigenvalue weighted by Crippen LogP contribution is 2.55. The van der Waals surface area contributed by atoms with Crippen LogP contribution >= 0.6 is 22.2 Å². The minimum Gasteiger partial charge on any atom is -0.342 e. The lowest BCUT2D eigenvalue weighted by molar-refractivity contribution is 0.432. The van der Waals surface area contributed by atoms with Gasteiger partial charge in [0.05, 0.1) is 0 Å². The quantitative estimate of drug-likeness (QED) is 0.116. The van der Waals surface area contributed by atoms with Gasteiger partial charge in [-0.25, -0.2) is 0 Å². The monoisotopic (exact) mass is 525 g/mol. The Morgan fingerprint density at radius 1 is 0.581 bits per heavy atom. The molecule has 0 rings (SSSR count). The highest BCUT2D eigenvalue weighted by molar-refractivity contribution is 7.34. The molecule has 0 aliphatic heterocycles. The molecule has 31 heavy (non-hydrogen) atoms. The number of halogens is 2. The first-order valence-electron chi connectivity index (χ1n) is 13.3. The predicted molar refractivity (Wildman–Crippen MR) is 155 cm³/mol. The van der Waals surface area contributed by atoms with Crippen LogP contribution in [0.2, 0.25) is 33.2 Å². The molecule has 0 aliphatic rings. The normalized spacial score (nSPS) is 15.2. The van der Waals surface area contributed by atoms with E-state index in [0.717, 1.165) is 0 Å². The minimum atomic E-state index is -1.91. The Balaban J connectivity index is 7.19. The molecular weight excluding hydrogens is 469 g/mol. The van der Waals surface area contributed by atoms with E-state index >= 15 is 0 Å². The lowest BCUT2D eigenvalue weighted by Gasteiger charge is -2.65. The van der Waals surface area contributed by atoms with Crippen molar-refractivity contribution in [3.8, 4) is 0 Å². The van der Waals surface area contributed by atoms with Crippen LogP contribution in [-0.4, -0.2) is 33.8 Å². The summed E-state index contributed by atoms with van der Waals surface area (Å²) in [5.41, 5.74) is 4.55. The second-order valence-electron chi connectivity index (χ2n) is 11.8. The smallest absolute Gasteiger partial charge is 0.252 e. The van der Waals surface area contributed by atoms with Gasteiger partial charge in [0.1, 0.15) is 16.5 Å². The molecule has 0 aromatic carbocycles. The fourth-order valence-corrected chi connectivity index (χ4v) is 33.5. The number of hydrogen-bond acceptors (Lipinski definition) is 1. The third-order valence-electron chi connectivity index (χ3n) is 8.36. The maximum absolute atomic E-state index is 7.10. The van der Waals surface area contributed by atoms with Crippen molar-refractivity contribution in [3.63, 3.8) is 0 Å². The van der Waals surface area contributed by atoms with Crippen molar-refractivity contribution >= 4 is 46.0 Å². The lowest BCUT2D eigenvalue weighted by atomic mass is 10.1. The molecule has 0 saturated carbocycles. The van der Waals surface area contributed by atoms with Crippen LogP contribution in [0.25, 0.3) is 0 Å². The van der Waals surface area contributed by atoms with E-state index in [1.54, 1.807) is 0 Å². The van der Waals surface area contributed by atoms with Gasteiger partial charge in [0.15, 0.2) is 0 Å². The Morgan fingerprint density at radius 3 is 1.13 bits per heavy atom. The van der Waals surface area contributed by atoms with Crippen LogP contribution in [0, 0.1) is 0 Å². The molecule has 188 valence electrons. The maximum Gasteiger partial charge on any atom is 0.252 e. The molecule has 0 saturated heterocycles. The van der Waals surface area contributed by atoms with Gasteiger partial charge in [-0.3, -0.25) is 0 Å². The predicted octanol–water partition coefficient (Wildman–Crippen LogP) is 10.2. The summed E-state index contributed by atoms with van der Waals surface area (Å²) < 4.78 is 3.27. The van der Waals surface area contributed by atoms with Crippen molar-refractivity contribution in [2.24, 2.45) is 0 Å². The van der Waals surface area contributed by atoms with Crippen molar-refractivity contribution < 1.29 is 0 Å². The summed E-state index contributed by atoms with van der Waals surface area (Å²) in [6, 6.07) is 0. The van der Waals surface area contributed by atoms with Crippen LogP contribution in [0.15, 0.2) is 0 Å². The summed E-state index contributed by atoms with van der Waals surface area (Å²) in [5, 5.41) is 0. The van der Waals surface area contributed by atoms with Crippen LogP contribution in [0.1, 0.15) is 122 Å². The van der Waals surface area contributed by atoms with E-state index in [1.165, 1.54) is 32.1 Å². The second-order valence-corrected chi connectivity index (χ2v) is 28.6. The van der Waals surface area contributed by atoms with Crippen LogP contribution < -0.4 is 0 Å². The molecule has 0 heterocycles.